The predicted octanol–water partition coefficient (Wildman–Crippen LogP) is 2.09. The quantitative estimate of drug-likeness (QED) is 0.874. The molecule has 2 N–H and O–H groups in total. The van der Waals surface area contributed by atoms with Gasteiger partial charge < -0.3 is 10.4 Å². The number of para-hydroxylation sites is 1. The summed E-state index contributed by atoms with van der Waals surface area (Å²) in [6.45, 7) is 2.34. The molecule has 1 aromatic carbocycles. The third-order valence-corrected chi connectivity index (χ3v) is 3.13. The molecule has 2 aromatic rings. The molecule has 0 fully saturated rings. The first-order valence-electron chi connectivity index (χ1n) is 5.14. The molecule has 17 heavy (non-hydrogen) atoms. The van der Waals surface area contributed by atoms with Crippen LogP contribution in [0.5, 0.6) is 5.75 Å². The van der Waals surface area contributed by atoms with Crippen LogP contribution in [0.1, 0.15) is 20.2 Å². The van der Waals surface area contributed by atoms with E-state index in [-0.39, 0.29) is 17.2 Å². The molecular weight excluding hydrogens is 236 g/mol. The van der Waals surface area contributed by atoms with Crippen LogP contribution in [0.4, 0.5) is 0 Å². The minimum atomic E-state index is -0.295. The SMILES string of the molecule is Cc1cnc(CNC(=O)c2ccccc2O)s1. The van der Waals surface area contributed by atoms with Crippen LogP contribution in [-0.2, 0) is 6.54 Å². The highest BCUT2D eigenvalue weighted by Crippen LogP contribution is 2.16. The van der Waals surface area contributed by atoms with Crippen LogP contribution in [0.15, 0.2) is 30.5 Å². The molecule has 0 saturated heterocycles. The third kappa shape index (κ3) is 2.82. The Morgan fingerprint density at radius 3 is 2.88 bits per heavy atom. The lowest BCUT2D eigenvalue weighted by Crippen LogP contribution is -2.22. The number of carbonyl (C=O) groups excluding carboxylic acids is 1. The summed E-state index contributed by atoms with van der Waals surface area (Å²) in [6, 6.07) is 6.46. The van der Waals surface area contributed by atoms with Crippen LogP contribution in [-0.4, -0.2) is 16.0 Å². The van der Waals surface area contributed by atoms with Crippen molar-refractivity contribution in [1.29, 1.82) is 0 Å². The van der Waals surface area contributed by atoms with Gasteiger partial charge in [0.15, 0.2) is 0 Å². The standard InChI is InChI=1S/C12H12N2O2S/c1-8-6-13-11(17-8)7-14-12(16)9-4-2-3-5-10(9)15/h2-6,15H,7H2,1H3,(H,14,16). The maximum absolute atomic E-state index is 11.8. The molecule has 0 spiro atoms. The van der Waals surface area contributed by atoms with Gasteiger partial charge in [0.2, 0.25) is 0 Å². The van der Waals surface area contributed by atoms with Crippen molar-refractivity contribution in [3.63, 3.8) is 0 Å². The Bertz CT molecular complexity index is 537. The molecule has 0 bridgehead atoms. The molecule has 0 aliphatic rings. The number of benzene rings is 1. The smallest absolute Gasteiger partial charge is 0.255 e. The van der Waals surface area contributed by atoms with Crippen molar-refractivity contribution in [2.75, 3.05) is 0 Å². The molecule has 0 radical (unpaired) electrons. The summed E-state index contributed by atoms with van der Waals surface area (Å²) in [5.41, 5.74) is 0.278. The number of thiazole rings is 1. The van der Waals surface area contributed by atoms with E-state index in [4.69, 9.17) is 0 Å². The second kappa shape index (κ2) is 4.97. The molecule has 1 heterocycles. The average Bonchev–Trinajstić information content (AvgIpc) is 2.73. The zero-order valence-electron chi connectivity index (χ0n) is 9.30. The lowest BCUT2D eigenvalue weighted by Gasteiger charge is -2.04. The van der Waals surface area contributed by atoms with Gasteiger partial charge in [-0.25, -0.2) is 4.98 Å². The summed E-state index contributed by atoms with van der Waals surface area (Å²) in [7, 11) is 0. The van der Waals surface area contributed by atoms with Gasteiger partial charge in [0.1, 0.15) is 10.8 Å². The average molecular weight is 248 g/mol. The molecule has 2 rings (SSSR count). The Morgan fingerprint density at radius 2 is 2.24 bits per heavy atom. The van der Waals surface area contributed by atoms with Gasteiger partial charge in [0.25, 0.3) is 5.91 Å². The number of amides is 1. The van der Waals surface area contributed by atoms with Gasteiger partial charge in [-0.2, -0.15) is 0 Å². The highest BCUT2D eigenvalue weighted by Gasteiger charge is 2.10. The van der Waals surface area contributed by atoms with Crippen molar-refractivity contribution in [2.45, 2.75) is 13.5 Å². The molecular formula is C12H12N2O2S. The van der Waals surface area contributed by atoms with Gasteiger partial charge in [0.05, 0.1) is 12.1 Å². The van der Waals surface area contributed by atoms with Crippen LogP contribution in [0.3, 0.4) is 0 Å². The van der Waals surface area contributed by atoms with Crippen LogP contribution in [0, 0.1) is 6.92 Å². The number of hydrogen-bond donors (Lipinski definition) is 2. The van der Waals surface area contributed by atoms with Gasteiger partial charge in [-0.1, -0.05) is 12.1 Å². The fraction of sp³-hybridized carbons (Fsp3) is 0.167. The van der Waals surface area contributed by atoms with E-state index < -0.39 is 0 Å². The number of carbonyl (C=O) groups is 1. The summed E-state index contributed by atoms with van der Waals surface area (Å²) in [5, 5.41) is 13.1. The molecule has 1 amide bonds. The van der Waals surface area contributed by atoms with E-state index in [1.165, 1.54) is 6.07 Å². The normalized spacial score (nSPS) is 10.2. The summed E-state index contributed by atoms with van der Waals surface area (Å²) in [6.07, 6.45) is 1.77. The monoisotopic (exact) mass is 248 g/mol. The zero-order valence-corrected chi connectivity index (χ0v) is 10.1. The third-order valence-electron chi connectivity index (χ3n) is 2.22. The summed E-state index contributed by atoms with van der Waals surface area (Å²) in [4.78, 5) is 17.0. The van der Waals surface area contributed by atoms with E-state index in [1.54, 1.807) is 35.7 Å². The number of rotatable bonds is 3. The van der Waals surface area contributed by atoms with E-state index >= 15 is 0 Å². The maximum atomic E-state index is 11.8. The Labute approximate surface area is 103 Å². The Hall–Kier alpha value is -1.88. The molecule has 1 aromatic heterocycles. The number of nitrogens with one attached hydrogen (secondary N) is 1. The van der Waals surface area contributed by atoms with Gasteiger partial charge in [0, 0.05) is 11.1 Å². The van der Waals surface area contributed by atoms with Gasteiger partial charge in [-0.15, -0.1) is 11.3 Å². The van der Waals surface area contributed by atoms with Crippen LogP contribution in [0.25, 0.3) is 0 Å². The topological polar surface area (TPSA) is 62.2 Å². The lowest BCUT2D eigenvalue weighted by atomic mass is 10.2. The molecule has 4 nitrogen and oxygen atoms in total. The number of nitrogens with zero attached hydrogens (tertiary/aromatic N) is 1. The molecule has 0 saturated carbocycles. The van der Waals surface area contributed by atoms with Crippen LogP contribution < -0.4 is 5.32 Å². The van der Waals surface area contributed by atoms with E-state index in [9.17, 15) is 9.90 Å². The fourth-order valence-electron chi connectivity index (χ4n) is 1.40. The minimum Gasteiger partial charge on any atom is -0.507 e. The van der Waals surface area contributed by atoms with Crippen molar-refractivity contribution in [1.82, 2.24) is 10.3 Å². The van der Waals surface area contributed by atoms with Crippen molar-refractivity contribution in [3.8, 4) is 5.75 Å². The number of aromatic hydroxyl groups is 1. The Balaban J connectivity index is 2.01. The maximum Gasteiger partial charge on any atom is 0.255 e. The molecule has 0 unspecified atom stereocenters. The van der Waals surface area contributed by atoms with E-state index in [0.717, 1.165) is 9.88 Å². The molecule has 88 valence electrons. The van der Waals surface area contributed by atoms with Crippen molar-refractivity contribution < 1.29 is 9.90 Å². The second-order valence-electron chi connectivity index (χ2n) is 3.56. The van der Waals surface area contributed by atoms with Gasteiger partial charge in [-0.05, 0) is 19.1 Å². The number of aryl methyl sites for hydroxylation is 1. The number of hydrogen-bond acceptors (Lipinski definition) is 4. The second-order valence-corrected chi connectivity index (χ2v) is 4.88. The zero-order chi connectivity index (χ0) is 12.3. The summed E-state index contributed by atoms with van der Waals surface area (Å²) >= 11 is 1.54. The minimum absolute atomic E-state index is 0.0136. The largest absolute Gasteiger partial charge is 0.507 e. The van der Waals surface area contributed by atoms with Crippen LogP contribution >= 0.6 is 11.3 Å². The fourth-order valence-corrected chi connectivity index (χ4v) is 2.13. The van der Waals surface area contributed by atoms with Gasteiger partial charge >= 0.3 is 0 Å². The summed E-state index contributed by atoms with van der Waals surface area (Å²) in [5.74, 6) is -0.309. The first-order chi connectivity index (χ1) is 8.16. The van der Waals surface area contributed by atoms with E-state index in [2.05, 4.69) is 10.3 Å². The molecule has 0 aliphatic carbocycles. The Morgan fingerprint density at radius 1 is 1.47 bits per heavy atom. The van der Waals surface area contributed by atoms with Crippen LogP contribution in [0.2, 0.25) is 0 Å². The Kier molecular flexibility index (Phi) is 3.39. The molecule has 0 aliphatic heterocycles. The first kappa shape index (κ1) is 11.6. The summed E-state index contributed by atoms with van der Waals surface area (Å²) < 4.78 is 0. The molecule has 0 atom stereocenters. The highest BCUT2D eigenvalue weighted by atomic mass is 32.1. The molecule has 5 heteroatoms. The highest BCUT2D eigenvalue weighted by molar-refractivity contribution is 7.11. The number of phenols is 1. The predicted molar refractivity (Wildman–Crippen MR) is 66.1 cm³/mol. The van der Waals surface area contributed by atoms with Gasteiger partial charge in [-0.3, -0.25) is 4.79 Å². The lowest BCUT2D eigenvalue weighted by molar-refractivity contribution is 0.0948. The van der Waals surface area contributed by atoms with E-state index in [1.807, 2.05) is 6.92 Å². The number of aromatic nitrogens is 1. The van der Waals surface area contributed by atoms with Crippen molar-refractivity contribution >= 4 is 17.2 Å². The first-order valence-corrected chi connectivity index (χ1v) is 5.96. The number of phenolic OH excluding ortho intramolecular Hbond substituents is 1. The van der Waals surface area contributed by atoms with E-state index in [0.29, 0.717) is 6.54 Å². The van der Waals surface area contributed by atoms with Crippen molar-refractivity contribution in [2.24, 2.45) is 0 Å². The van der Waals surface area contributed by atoms with Crippen molar-refractivity contribution in [3.05, 3.63) is 45.9 Å².